The van der Waals surface area contributed by atoms with Crippen LogP contribution in [0.25, 0.3) is 0 Å². The van der Waals surface area contributed by atoms with Crippen LogP contribution in [-0.2, 0) is 5.75 Å². The molecule has 2 aromatic rings. The average Bonchev–Trinajstić information content (AvgIpc) is 3.00. The van der Waals surface area contributed by atoms with Gasteiger partial charge in [-0.25, -0.2) is 0 Å². The van der Waals surface area contributed by atoms with Gasteiger partial charge in [0.2, 0.25) is 0 Å². The van der Waals surface area contributed by atoms with Gasteiger partial charge in [0.25, 0.3) is 11.6 Å². The van der Waals surface area contributed by atoms with Crippen molar-refractivity contribution in [2.24, 2.45) is 0 Å². The minimum Gasteiger partial charge on any atom is -0.468 e. The van der Waals surface area contributed by atoms with Gasteiger partial charge in [0.1, 0.15) is 5.76 Å². The summed E-state index contributed by atoms with van der Waals surface area (Å²) in [5.41, 5.74) is 0.386. The molecule has 1 aromatic carbocycles. The molecule has 0 aliphatic heterocycles. The third-order valence-corrected chi connectivity index (χ3v) is 3.68. The number of rotatable bonds is 7. The standard InChI is InChI=1S/C14H14N2O4S/c17-14(11-3-5-12(6-4-11)16(18)19)15-7-9-21-10-13-2-1-8-20-13/h1-6,8H,7,9-10H2,(H,15,17). The van der Waals surface area contributed by atoms with E-state index >= 15 is 0 Å². The lowest BCUT2D eigenvalue weighted by Gasteiger charge is -2.04. The molecule has 0 aliphatic rings. The summed E-state index contributed by atoms with van der Waals surface area (Å²) >= 11 is 1.66. The van der Waals surface area contributed by atoms with Crippen LogP contribution in [0.15, 0.2) is 47.1 Å². The van der Waals surface area contributed by atoms with Crippen molar-refractivity contribution >= 4 is 23.4 Å². The van der Waals surface area contributed by atoms with Crippen LogP contribution in [0.2, 0.25) is 0 Å². The molecule has 0 aliphatic carbocycles. The van der Waals surface area contributed by atoms with E-state index in [2.05, 4.69) is 5.32 Å². The van der Waals surface area contributed by atoms with Crippen molar-refractivity contribution in [1.29, 1.82) is 0 Å². The molecule has 0 atom stereocenters. The first-order valence-electron chi connectivity index (χ1n) is 6.29. The first kappa shape index (κ1) is 15.1. The Bertz CT molecular complexity index is 596. The van der Waals surface area contributed by atoms with Crippen molar-refractivity contribution in [2.45, 2.75) is 5.75 Å². The van der Waals surface area contributed by atoms with Crippen LogP contribution in [0.4, 0.5) is 5.69 Å². The predicted octanol–water partition coefficient (Wildman–Crippen LogP) is 2.85. The molecular weight excluding hydrogens is 292 g/mol. The Kier molecular flexibility index (Phi) is 5.39. The summed E-state index contributed by atoms with van der Waals surface area (Å²) in [6, 6.07) is 9.28. The zero-order valence-corrected chi connectivity index (χ0v) is 12.0. The molecule has 0 spiro atoms. The number of carbonyl (C=O) groups is 1. The summed E-state index contributed by atoms with van der Waals surface area (Å²) in [7, 11) is 0. The Hall–Kier alpha value is -2.28. The second kappa shape index (κ2) is 7.49. The molecule has 110 valence electrons. The number of nitro groups is 1. The van der Waals surface area contributed by atoms with E-state index in [-0.39, 0.29) is 11.6 Å². The molecule has 2 rings (SSSR count). The number of hydrogen-bond acceptors (Lipinski definition) is 5. The summed E-state index contributed by atoms with van der Waals surface area (Å²) in [5.74, 6) is 2.20. The van der Waals surface area contributed by atoms with E-state index in [1.807, 2.05) is 12.1 Å². The molecule has 0 radical (unpaired) electrons. The van der Waals surface area contributed by atoms with E-state index in [1.54, 1.807) is 18.0 Å². The zero-order valence-electron chi connectivity index (χ0n) is 11.2. The fourth-order valence-corrected chi connectivity index (χ4v) is 2.40. The topological polar surface area (TPSA) is 85.4 Å². The van der Waals surface area contributed by atoms with Gasteiger partial charge in [0, 0.05) is 30.0 Å². The summed E-state index contributed by atoms with van der Waals surface area (Å²) in [4.78, 5) is 21.8. The van der Waals surface area contributed by atoms with Gasteiger partial charge in [-0.1, -0.05) is 0 Å². The SMILES string of the molecule is O=C(NCCSCc1ccco1)c1ccc([N+](=O)[O-])cc1. The van der Waals surface area contributed by atoms with E-state index < -0.39 is 4.92 Å². The smallest absolute Gasteiger partial charge is 0.269 e. The highest BCUT2D eigenvalue weighted by Gasteiger charge is 2.08. The fourth-order valence-electron chi connectivity index (χ4n) is 1.64. The number of amides is 1. The van der Waals surface area contributed by atoms with Crippen molar-refractivity contribution < 1.29 is 14.1 Å². The van der Waals surface area contributed by atoms with Gasteiger partial charge in [0.05, 0.1) is 16.9 Å². The number of furan rings is 1. The van der Waals surface area contributed by atoms with Crippen LogP contribution in [-0.4, -0.2) is 23.1 Å². The molecule has 21 heavy (non-hydrogen) atoms. The number of nitrogens with zero attached hydrogens (tertiary/aromatic N) is 1. The van der Waals surface area contributed by atoms with Crippen LogP contribution in [0, 0.1) is 10.1 Å². The van der Waals surface area contributed by atoms with Gasteiger partial charge >= 0.3 is 0 Å². The maximum atomic E-state index is 11.8. The number of carbonyl (C=O) groups excluding carboxylic acids is 1. The number of nitrogens with one attached hydrogen (secondary N) is 1. The Balaban J connectivity index is 1.70. The molecular formula is C14H14N2O4S. The van der Waals surface area contributed by atoms with Crippen molar-refractivity contribution in [3.63, 3.8) is 0 Å². The summed E-state index contributed by atoms with van der Waals surface area (Å²) in [6.45, 7) is 0.529. The van der Waals surface area contributed by atoms with Gasteiger partial charge in [-0.3, -0.25) is 14.9 Å². The molecule has 7 heteroatoms. The van der Waals surface area contributed by atoms with Gasteiger partial charge in [-0.2, -0.15) is 11.8 Å². The summed E-state index contributed by atoms with van der Waals surface area (Å²) in [5, 5.41) is 13.3. The second-order valence-electron chi connectivity index (χ2n) is 4.19. The number of hydrogen-bond donors (Lipinski definition) is 1. The maximum Gasteiger partial charge on any atom is 0.269 e. The minimum absolute atomic E-state index is 0.0273. The van der Waals surface area contributed by atoms with Crippen LogP contribution in [0.5, 0.6) is 0 Å². The van der Waals surface area contributed by atoms with Crippen LogP contribution >= 0.6 is 11.8 Å². The second-order valence-corrected chi connectivity index (χ2v) is 5.30. The van der Waals surface area contributed by atoms with Crippen molar-refractivity contribution in [3.8, 4) is 0 Å². The van der Waals surface area contributed by atoms with Crippen LogP contribution in [0.3, 0.4) is 0 Å². The Morgan fingerprint density at radius 1 is 1.29 bits per heavy atom. The molecule has 0 saturated carbocycles. The summed E-state index contributed by atoms with van der Waals surface area (Å²) < 4.78 is 5.20. The van der Waals surface area contributed by atoms with Gasteiger partial charge in [-0.15, -0.1) is 0 Å². The summed E-state index contributed by atoms with van der Waals surface area (Å²) in [6.07, 6.45) is 1.63. The molecule has 0 bridgehead atoms. The molecule has 1 heterocycles. The van der Waals surface area contributed by atoms with Crippen molar-refractivity contribution in [2.75, 3.05) is 12.3 Å². The lowest BCUT2D eigenvalue weighted by Crippen LogP contribution is -2.25. The largest absolute Gasteiger partial charge is 0.468 e. The molecule has 0 fully saturated rings. The normalized spacial score (nSPS) is 10.3. The van der Waals surface area contributed by atoms with E-state index in [0.29, 0.717) is 12.1 Å². The van der Waals surface area contributed by atoms with Crippen LogP contribution in [0.1, 0.15) is 16.1 Å². The lowest BCUT2D eigenvalue weighted by molar-refractivity contribution is -0.384. The minimum atomic E-state index is -0.493. The molecule has 1 amide bonds. The Labute approximate surface area is 125 Å². The van der Waals surface area contributed by atoms with Crippen molar-refractivity contribution in [1.82, 2.24) is 5.32 Å². The Morgan fingerprint density at radius 2 is 2.05 bits per heavy atom. The number of non-ortho nitro benzene ring substituents is 1. The fraction of sp³-hybridized carbons (Fsp3) is 0.214. The highest BCUT2D eigenvalue weighted by atomic mass is 32.2. The van der Waals surface area contributed by atoms with E-state index in [0.717, 1.165) is 17.3 Å². The number of thioether (sulfide) groups is 1. The number of nitro benzene ring substituents is 1. The first-order valence-corrected chi connectivity index (χ1v) is 7.45. The molecule has 6 nitrogen and oxygen atoms in total. The van der Waals surface area contributed by atoms with Gasteiger partial charge in [-0.05, 0) is 24.3 Å². The van der Waals surface area contributed by atoms with E-state index in [1.165, 1.54) is 24.3 Å². The zero-order chi connectivity index (χ0) is 15.1. The van der Waals surface area contributed by atoms with E-state index in [9.17, 15) is 14.9 Å². The first-order chi connectivity index (χ1) is 10.2. The third kappa shape index (κ3) is 4.64. The molecule has 1 aromatic heterocycles. The Morgan fingerprint density at radius 3 is 2.67 bits per heavy atom. The van der Waals surface area contributed by atoms with Gasteiger partial charge < -0.3 is 9.73 Å². The van der Waals surface area contributed by atoms with Crippen molar-refractivity contribution in [3.05, 3.63) is 64.1 Å². The quantitative estimate of drug-likeness (QED) is 0.483. The number of benzene rings is 1. The molecule has 1 N–H and O–H groups in total. The average molecular weight is 306 g/mol. The molecule has 0 saturated heterocycles. The van der Waals surface area contributed by atoms with Gasteiger partial charge in [0.15, 0.2) is 0 Å². The lowest BCUT2D eigenvalue weighted by atomic mass is 10.2. The monoisotopic (exact) mass is 306 g/mol. The van der Waals surface area contributed by atoms with E-state index in [4.69, 9.17) is 4.42 Å². The highest BCUT2D eigenvalue weighted by molar-refractivity contribution is 7.98. The maximum absolute atomic E-state index is 11.8. The molecule has 0 unspecified atom stereocenters. The van der Waals surface area contributed by atoms with Crippen LogP contribution < -0.4 is 5.32 Å². The predicted molar refractivity (Wildman–Crippen MR) is 80.3 cm³/mol. The third-order valence-electron chi connectivity index (χ3n) is 2.70. The highest BCUT2D eigenvalue weighted by Crippen LogP contribution is 2.13.